The Labute approximate surface area is 178 Å². The van der Waals surface area contributed by atoms with Crippen LogP contribution in [0.4, 0.5) is 0 Å². The van der Waals surface area contributed by atoms with Gasteiger partial charge in [-0.1, -0.05) is 34.6 Å². The standard InChI is InChI=1S/C11H10NO.C9H17NO2.C4H10/c1-4-5-6-7-8-9-11(13)12-10(2)3;1-6(2)5-8(11)9(12)10-7(3)4;1-4(2)3/h10H,1H2,2-3H3,(H,12,13);6-7H,5H2,1-4H3,(H,10,12);4H,1-3H3/q-1;;. The molecule has 0 aromatic rings. The lowest BCUT2D eigenvalue weighted by atomic mass is 10.1. The number of carbonyl (C=O) groups excluding carboxylic acids is 3. The summed E-state index contributed by atoms with van der Waals surface area (Å²) in [7, 11) is 0. The fourth-order valence-corrected chi connectivity index (χ4v) is 1.30. The quantitative estimate of drug-likeness (QED) is 0.422. The van der Waals surface area contributed by atoms with Gasteiger partial charge in [-0.15, -0.1) is 5.92 Å². The summed E-state index contributed by atoms with van der Waals surface area (Å²) in [6, 6.07) is 0.128. The van der Waals surface area contributed by atoms with Crippen molar-refractivity contribution >= 4 is 17.6 Å². The molecule has 0 spiro atoms. The van der Waals surface area contributed by atoms with Gasteiger partial charge in [0.05, 0.1) is 0 Å². The van der Waals surface area contributed by atoms with E-state index in [1.165, 1.54) is 0 Å². The van der Waals surface area contributed by atoms with Gasteiger partial charge >= 0.3 is 0 Å². The SMILES string of the molecule is CC(C)C.CC(C)CC(=O)C(=O)NC(C)C.[CH2-]C#CC#CC#CC(=O)NC(C)C. The zero-order valence-electron chi connectivity index (χ0n) is 19.4. The van der Waals surface area contributed by atoms with Crippen LogP contribution >= 0.6 is 0 Å². The maximum Gasteiger partial charge on any atom is 0.297 e. The number of hydrogen-bond acceptors (Lipinski definition) is 3. The molecule has 29 heavy (non-hydrogen) atoms. The van der Waals surface area contributed by atoms with E-state index in [0.29, 0.717) is 6.42 Å². The lowest BCUT2D eigenvalue weighted by molar-refractivity contribution is -0.138. The van der Waals surface area contributed by atoms with Crippen molar-refractivity contribution < 1.29 is 14.4 Å². The van der Waals surface area contributed by atoms with Crippen molar-refractivity contribution in [1.29, 1.82) is 0 Å². The van der Waals surface area contributed by atoms with Gasteiger partial charge in [-0.3, -0.25) is 20.3 Å². The van der Waals surface area contributed by atoms with Gasteiger partial charge in [-0.25, -0.2) is 5.92 Å². The van der Waals surface area contributed by atoms with Crippen LogP contribution in [-0.4, -0.2) is 29.7 Å². The second-order valence-corrected chi connectivity index (χ2v) is 7.81. The second-order valence-electron chi connectivity index (χ2n) is 7.81. The van der Waals surface area contributed by atoms with Gasteiger partial charge in [0, 0.05) is 24.4 Å². The molecule has 0 rings (SSSR count). The number of amides is 2. The summed E-state index contributed by atoms with van der Waals surface area (Å²) in [6.07, 6.45) is 0.332. The molecule has 0 atom stereocenters. The van der Waals surface area contributed by atoms with Crippen molar-refractivity contribution in [2.75, 3.05) is 0 Å². The fraction of sp³-hybridized carbons (Fsp3) is 0.583. The first-order chi connectivity index (χ1) is 13.3. The molecule has 0 heterocycles. The molecule has 0 unspecified atom stereocenters. The molecule has 0 fully saturated rings. The van der Waals surface area contributed by atoms with Crippen LogP contribution in [0.1, 0.15) is 68.7 Å². The highest BCUT2D eigenvalue weighted by atomic mass is 16.2. The predicted octanol–water partition coefficient (Wildman–Crippen LogP) is 3.14. The summed E-state index contributed by atoms with van der Waals surface area (Å²) in [5.41, 5.74) is 0. The van der Waals surface area contributed by atoms with E-state index in [-0.39, 0.29) is 29.7 Å². The van der Waals surface area contributed by atoms with Gasteiger partial charge < -0.3 is 10.6 Å². The molecule has 162 valence electrons. The molecule has 0 bridgehead atoms. The molecule has 0 saturated heterocycles. The molecular formula is C24H37N2O3-. The Morgan fingerprint density at radius 2 is 1.21 bits per heavy atom. The van der Waals surface area contributed by atoms with Crippen LogP contribution in [0.15, 0.2) is 0 Å². The topological polar surface area (TPSA) is 75.3 Å². The minimum atomic E-state index is -0.460. The molecule has 0 aliphatic heterocycles. The van der Waals surface area contributed by atoms with Crippen LogP contribution in [0.25, 0.3) is 0 Å². The monoisotopic (exact) mass is 401 g/mol. The van der Waals surface area contributed by atoms with E-state index in [0.717, 1.165) is 5.92 Å². The van der Waals surface area contributed by atoms with E-state index in [1.54, 1.807) is 0 Å². The van der Waals surface area contributed by atoms with Gasteiger partial charge in [0.15, 0.2) is 0 Å². The van der Waals surface area contributed by atoms with E-state index in [9.17, 15) is 14.4 Å². The van der Waals surface area contributed by atoms with E-state index in [2.05, 4.69) is 73.9 Å². The van der Waals surface area contributed by atoms with Crippen molar-refractivity contribution in [3.8, 4) is 35.5 Å². The summed E-state index contributed by atoms with van der Waals surface area (Å²) < 4.78 is 0. The summed E-state index contributed by atoms with van der Waals surface area (Å²) >= 11 is 0. The molecule has 0 aliphatic carbocycles. The normalized spacial score (nSPS) is 8.59. The Morgan fingerprint density at radius 3 is 1.59 bits per heavy atom. The fourth-order valence-electron chi connectivity index (χ4n) is 1.30. The largest absolute Gasteiger partial charge is 0.347 e. The van der Waals surface area contributed by atoms with Crippen LogP contribution in [0, 0.1) is 54.3 Å². The molecule has 0 aromatic heterocycles. The number of nitrogens with one attached hydrogen (secondary N) is 2. The van der Waals surface area contributed by atoms with E-state index >= 15 is 0 Å². The van der Waals surface area contributed by atoms with Crippen LogP contribution in [0.5, 0.6) is 0 Å². The third-order valence-corrected chi connectivity index (χ3v) is 2.14. The Balaban J connectivity index is -0.000000394. The maximum atomic E-state index is 11.1. The number of carbonyl (C=O) groups is 3. The van der Waals surface area contributed by atoms with Crippen molar-refractivity contribution in [3.05, 3.63) is 6.92 Å². The zero-order valence-corrected chi connectivity index (χ0v) is 19.4. The molecular weight excluding hydrogens is 364 g/mol. The highest BCUT2D eigenvalue weighted by Gasteiger charge is 2.15. The summed E-state index contributed by atoms with van der Waals surface area (Å²) in [4.78, 5) is 33.0. The molecule has 0 radical (unpaired) electrons. The first-order valence-electron chi connectivity index (χ1n) is 9.75. The maximum absolute atomic E-state index is 11.1. The highest BCUT2D eigenvalue weighted by molar-refractivity contribution is 6.36. The molecule has 0 aromatic carbocycles. The van der Waals surface area contributed by atoms with Crippen molar-refractivity contribution in [3.63, 3.8) is 0 Å². The number of rotatable bonds is 5. The van der Waals surface area contributed by atoms with Gasteiger partial charge in [0.2, 0.25) is 5.78 Å². The van der Waals surface area contributed by atoms with Gasteiger partial charge in [-0.05, 0) is 51.4 Å². The molecule has 5 nitrogen and oxygen atoms in total. The Bertz CT molecular complexity index is 647. The van der Waals surface area contributed by atoms with E-state index in [1.807, 2.05) is 41.5 Å². The molecule has 2 N–H and O–H groups in total. The predicted molar refractivity (Wildman–Crippen MR) is 120 cm³/mol. The minimum absolute atomic E-state index is 0.0358. The summed E-state index contributed by atoms with van der Waals surface area (Å²) in [5.74, 6) is 14.2. The summed E-state index contributed by atoms with van der Waals surface area (Å²) in [5, 5.41) is 5.16. The first kappa shape index (κ1) is 30.9. The van der Waals surface area contributed by atoms with Crippen molar-refractivity contribution in [2.45, 2.75) is 80.8 Å². The summed E-state index contributed by atoms with van der Waals surface area (Å²) in [6.45, 7) is 21.0. The lowest BCUT2D eigenvalue weighted by Crippen LogP contribution is -2.36. The van der Waals surface area contributed by atoms with Crippen LogP contribution in [0.2, 0.25) is 0 Å². The van der Waals surface area contributed by atoms with Crippen LogP contribution in [0.3, 0.4) is 0 Å². The molecule has 2 amide bonds. The number of Topliss-reactive ketones (excluding diaryl/α,β-unsaturated/α-hetero) is 1. The third kappa shape index (κ3) is 33.2. The van der Waals surface area contributed by atoms with E-state index in [4.69, 9.17) is 0 Å². The van der Waals surface area contributed by atoms with Gasteiger partial charge in [0.25, 0.3) is 11.8 Å². The smallest absolute Gasteiger partial charge is 0.297 e. The Hall–Kier alpha value is -2.84. The number of hydrogen-bond donors (Lipinski definition) is 2. The van der Waals surface area contributed by atoms with E-state index < -0.39 is 5.91 Å². The first-order valence-corrected chi connectivity index (χ1v) is 9.75. The number of ketones is 1. The minimum Gasteiger partial charge on any atom is -0.347 e. The average Bonchev–Trinajstić information content (AvgIpc) is 2.52. The average molecular weight is 402 g/mol. The second kappa shape index (κ2) is 19.9. The highest BCUT2D eigenvalue weighted by Crippen LogP contribution is 1.99. The van der Waals surface area contributed by atoms with Crippen LogP contribution < -0.4 is 10.6 Å². The van der Waals surface area contributed by atoms with Crippen molar-refractivity contribution in [1.82, 2.24) is 10.6 Å². The molecule has 0 aliphatic rings. The van der Waals surface area contributed by atoms with Crippen LogP contribution in [-0.2, 0) is 14.4 Å². The molecule has 0 saturated carbocycles. The Morgan fingerprint density at radius 1 is 0.759 bits per heavy atom. The Kier molecular flexibility index (Phi) is 21.2. The lowest BCUT2D eigenvalue weighted by Gasteiger charge is -2.07. The third-order valence-electron chi connectivity index (χ3n) is 2.14. The van der Waals surface area contributed by atoms with Gasteiger partial charge in [0.1, 0.15) is 0 Å². The van der Waals surface area contributed by atoms with Crippen molar-refractivity contribution in [2.24, 2.45) is 11.8 Å². The van der Waals surface area contributed by atoms with Gasteiger partial charge in [-0.2, -0.15) is 6.92 Å². The zero-order chi connectivity index (χ0) is 23.4. The molecule has 5 heteroatoms.